The number of nitrogens with zero attached hydrogens (tertiary/aromatic N) is 3. The quantitative estimate of drug-likeness (QED) is 0.297. The molecule has 1 saturated carbocycles. The molecule has 5 rings (SSSR count). The van der Waals surface area contributed by atoms with Gasteiger partial charge in [0.1, 0.15) is 16.9 Å². The number of hydrogen-bond acceptors (Lipinski definition) is 6. The van der Waals surface area contributed by atoms with Gasteiger partial charge < -0.3 is 10.6 Å². The normalized spacial score (nSPS) is 12.9. The molecule has 0 atom stereocenters. The van der Waals surface area contributed by atoms with Crippen LogP contribution in [-0.2, 0) is 11.9 Å². The molecule has 2 heterocycles. The minimum Gasteiger partial charge on any atom is -0.352 e. The highest BCUT2D eigenvalue weighted by Gasteiger charge is 2.31. The minimum absolute atomic E-state index is 0.0166. The number of halogens is 2. The van der Waals surface area contributed by atoms with Crippen LogP contribution in [0, 0.1) is 5.82 Å². The standard InChI is InChI=1S/C25H22BrFN6O5/c1-31-20(34)12-19(29-18-9-6-13(26)10-17(18)27)21-22(31)32(25(37)33(23(21)35)15-7-8-15)16-5-3-4-14(11-16)28-24(36)30-38-2/h3-6,9-12,15,29H,7-8H2,1-2H3,(H2,28,30,36). The van der Waals surface area contributed by atoms with Crippen molar-refractivity contribution in [2.75, 3.05) is 17.7 Å². The lowest BCUT2D eigenvalue weighted by molar-refractivity contribution is 0.114. The van der Waals surface area contributed by atoms with Crippen LogP contribution in [0.1, 0.15) is 18.9 Å². The van der Waals surface area contributed by atoms with Gasteiger partial charge >= 0.3 is 11.7 Å². The summed E-state index contributed by atoms with van der Waals surface area (Å²) in [5.41, 5.74) is 1.15. The van der Waals surface area contributed by atoms with Crippen LogP contribution in [-0.4, -0.2) is 26.8 Å². The number of pyridine rings is 1. The summed E-state index contributed by atoms with van der Waals surface area (Å²) in [6.07, 6.45) is 1.30. The Bertz CT molecular complexity index is 1780. The number of rotatable bonds is 6. The summed E-state index contributed by atoms with van der Waals surface area (Å²) in [6, 6.07) is 11.0. The number of aryl methyl sites for hydroxylation is 1. The first-order valence-electron chi connectivity index (χ1n) is 11.5. The van der Waals surface area contributed by atoms with E-state index in [2.05, 4.69) is 36.9 Å². The lowest BCUT2D eigenvalue weighted by Gasteiger charge is -2.19. The summed E-state index contributed by atoms with van der Waals surface area (Å²) in [5, 5.41) is 5.49. The van der Waals surface area contributed by atoms with Gasteiger partial charge in [-0.1, -0.05) is 22.0 Å². The van der Waals surface area contributed by atoms with Crippen molar-refractivity contribution in [3.8, 4) is 5.69 Å². The molecule has 11 nitrogen and oxygen atoms in total. The first-order chi connectivity index (χ1) is 18.2. The molecule has 0 saturated heterocycles. The van der Waals surface area contributed by atoms with Crippen molar-refractivity contribution in [1.29, 1.82) is 0 Å². The average molecular weight is 585 g/mol. The van der Waals surface area contributed by atoms with E-state index in [1.54, 1.807) is 24.3 Å². The molecule has 3 N–H and O–H groups in total. The Labute approximate surface area is 222 Å². The molecule has 2 aromatic heterocycles. The highest BCUT2D eigenvalue weighted by molar-refractivity contribution is 9.10. The van der Waals surface area contributed by atoms with Crippen LogP contribution < -0.4 is 32.9 Å². The molecule has 1 fully saturated rings. The predicted octanol–water partition coefficient (Wildman–Crippen LogP) is 3.51. The minimum atomic E-state index is -0.639. The fourth-order valence-corrected chi connectivity index (χ4v) is 4.59. The van der Waals surface area contributed by atoms with Crippen LogP contribution in [0.3, 0.4) is 0 Å². The molecule has 196 valence electrons. The Kier molecular flexibility index (Phi) is 6.63. The largest absolute Gasteiger partial charge is 0.352 e. The molecule has 1 aliphatic carbocycles. The van der Waals surface area contributed by atoms with Crippen LogP contribution in [0.2, 0.25) is 0 Å². The summed E-state index contributed by atoms with van der Waals surface area (Å²) in [5.74, 6) is -0.600. The number of anilines is 3. The fraction of sp³-hybridized carbons (Fsp3) is 0.200. The molecular formula is C25H22BrFN6O5. The molecule has 0 radical (unpaired) electrons. The van der Waals surface area contributed by atoms with E-state index >= 15 is 0 Å². The lowest BCUT2D eigenvalue weighted by Crippen LogP contribution is -2.41. The number of hydroxylamine groups is 1. The number of fused-ring (bicyclic) bond motifs is 1. The van der Waals surface area contributed by atoms with Crippen molar-refractivity contribution >= 4 is 50.1 Å². The number of hydrogen-bond donors (Lipinski definition) is 3. The molecular weight excluding hydrogens is 563 g/mol. The van der Waals surface area contributed by atoms with Crippen molar-refractivity contribution in [3.63, 3.8) is 0 Å². The first kappa shape index (κ1) is 25.4. The van der Waals surface area contributed by atoms with Crippen molar-refractivity contribution in [2.45, 2.75) is 18.9 Å². The van der Waals surface area contributed by atoms with E-state index in [0.29, 0.717) is 28.7 Å². The summed E-state index contributed by atoms with van der Waals surface area (Å²) < 4.78 is 18.8. The number of urea groups is 1. The highest BCUT2D eigenvalue weighted by atomic mass is 79.9. The van der Waals surface area contributed by atoms with Crippen LogP contribution in [0.15, 0.2) is 67.4 Å². The smallest absolute Gasteiger partial charge is 0.343 e. The van der Waals surface area contributed by atoms with Crippen LogP contribution in [0.5, 0.6) is 0 Å². The third-order valence-corrected chi connectivity index (χ3v) is 6.61. The maximum Gasteiger partial charge on any atom is 0.343 e. The first-order valence-corrected chi connectivity index (χ1v) is 12.3. The molecule has 4 aromatic rings. The van der Waals surface area contributed by atoms with E-state index in [9.17, 15) is 23.6 Å². The van der Waals surface area contributed by atoms with Gasteiger partial charge in [0, 0.05) is 29.3 Å². The van der Waals surface area contributed by atoms with Gasteiger partial charge in [0.15, 0.2) is 0 Å². The molecule has 0 unspecified atom stereocenters. The van der Waals surface area contributed by atoms with Gasteiger partial charge in [0.05, 0.1) is 24.2 Å². The van der Waals surface area contributed by atoms with Crippen LogP contribution in [0.4, 0.5) is 26.2 Å². The molecule has 38 heavy (non-hydrogen) atoms. The second-order valence-corrected chi connectivity index (χ2v) is 9.65. The Balaban J connectivity index is 1.80. The molecule has 1 aliphatic rings. The topological polar surface area (TPSA) is 128 Å². The number of aromatic nitrogens is 3. The van der Waals surface area contributed by atoms with Crippen LogP contribution in [0.25, 0.3) is 16.7 Å². The number of carbonyl (C=O) groups is 1. The number of benzene rings is 2. The Hall–Kier alpha value is -4.23. The maximum atomic E-state index is 14.7. The van der Waals surface area contributed by atoms with Crippen molar-refractivity contribution < 1.29 is 14.0 Å². The molecule has 0 spiro atoms. The second kappa shape index (κ2) is 9.91. The zero-order valence-electron chi connectivity index (χ0n) is 20.2. The average Bonchev–Trinajstić information content (AvgIpc) is 3.69. The van der Waals surface area contributed by atoms with E-state index in [0.717, 1.165) is 4.57 Å². The molecule has 0 aliphatic heterocycles. The number of nitrogens with one attached hydrogen (secondary N) is 3. The third kappa shape index (κ3) is 4.61. The summed E-state index contributed by atoms with van der Waals surface area (Å²) in [6.45, 7) is 0. The maximum absolute atomic E-state index is 14.7. The fourth-order valence-electron chi connectivity index (χ4n) is 4.26. The summed E-state index contributed by atoms with van der Waals surface area (Å²) in [7, 11) is 2.73. The van der Waals surface area contributed by atoms with Gasteiger partial charge in [0.25, 0.3) is 11.1 Å². The van der Waals surface area contributed by atoms with Crippen LogP contribution >= 0.6 is 15.9 Å². The zero-order chi connectivity index (χ0) is 27.1. The van der Waals surface area contributed by atoms with Gasteiger partial charge in [-0.05, 0) is 49.2 Å². The monoisotopic (exact) mass is 584 g/mol. The van der Waals surface area contributed by atoms with E-state index in [1.165, 1.54) is 47.6 Å². The van der Waals surface area contributed by atoms with E-state index < -0.39 is 28.7 Å². The third-order valence-electron chi connectivity index (χ3n) is 6.12. The Morgan fingerprint density at radius 2 is 1.84 bits per heavy atom. The number of carbonyl (C=O) groups excluding carboxylic acids is 1. The van der Waals surface area contributed by atoms with E-state index in [4.69, 9.17) is 0 Å². The van der Waals surface area contributed by atoms with Crippen molar-refractivity contribution in [3.05, 3.63) is 90.0 Å². The Morgan fingerprint density at radius 1 is 1.08 bits per heavy atom. The van der Waals surface area contributed by atoms with Gasteiger partial charge in [-0.25, -0.2) is 24.0 Å². The SMILES string of the molecule is CONC(=O)Nc1cccc(-n2c(=O)n(C3CC3)c(=O)c3c(Nc4ccc(Br)cc4F)cc(=O)n(C)c32)c1. The molecule has 2 amide bonds. The summed E-state index contributed by atoms with van der Waals surface area (Å²) in [4.78, 5) is 57.1. The predicted molar refractivity (Wildman–Crippen MR) is 144 cm³/mol. The highest BCUT2D eigenvalue weighted by Crippen LogP contribution is 2.34. The second-order valence-electron chi connectivity index (χ2n) is 8.74. The van der Waals surface area contributed by atoms with Crippen molar-refractivity contribution in [2.24, 2.45) is 7.05 Å². The molecule has 0 bridgehead atoms. The summed E-state index contributed by atoms with van der Waals surface area (Å²) >= 11 is 3.21. The lowest BCUT2D eigenvalue weighted by atomic mass is 10.2. The number of amides is 2. The Morgan fingerprint density at radius 3 is 2.53 bits per heavy atom. The van der Waals surface area contributed by atoms with Crippen molar-refractivity contribution in [1.82, 2.24) is 19.2 Å². The van der Waals surface area contributed by atoms with Gasteiger partial charge in [0.2, 0.25) is 0 Å². The van der Waals surface area contributed by atoms with Gasteiger partial charge in [-0.2, -0.15) is 0 Å². The molecule has 2 aromatic carbocycles. The van der Waals surface area contributed by atoms with Gasteiger partial charge in [-0.3, -0.25) is 23.6 Å². The zero-order valence-corrected chi connectivity index (χ0v) is 21.8. The van der Waals surface area contributed by atoms with Gasteiger partial charge in [-0.15, -0.1) is 0 Å². The molecule has 13 heteroatoms. The van der Waals surface area contributed by atoms with E-state index in [-0.39, 0.29) is 28.5 Å². The van der Waals surface area contributed by atoms with E-state index in [1.807, 2.05) is 0 Å².